The van der Waals surface area contributed by atoms with Crippen molar-refractivity contribution < 1.29 is 13.3 Å². The van der Waals surface area contributed by atoms with Crippen molar-refractivity contribution in [2.75, 3.05) is 19.6 Å². The zero-order chi connectivity index (χ0) is 16.3. The SMILES string of the molecule is Cc1ccc([N+](=O)[O-])c(S(=O)(=O)NCC2CCCNC2)c1C.Cl. The van der Waals surface area contributed by atoms with Gasteiger partial charge in [0.1, 0.15) is 0 Å². The van der Waals surface area contributed by atoms with Gasteiger partial charge in [0.05, 0.1) is 4.92 Å². The van der Waals surface area contributed by atoms with Crippen molar-refractivity contribution in [1.29, 1.82) is 0 Å². The Morgan fingerprint density at radius 3 is 2.65 bits per heavy atom. The second-order valence-electron chi connectivity index (χ2n) is 5.68. The maximum absolute atomic E-state index is 12.5. The zero-order valence-corrected chi connectivity index (χ0v) is 14.8. The average Bonchev–Trinajstić information content (AvgIpc) is 2.48. The number of nitrogens with zero attached hydrogens (tertiary/aromatic N) is 1. The molecule has 1 aromatic rings. The molecule has 9 heteroatoms. The number of rotatable bonds is 5. The lowest BCUT2D eigenvalue weighted by molar-refractivity contribution is -0.387. The number of hydrogen-bond acceptors (Lipinski definition) is 5. The number of nitro groups is 1. The lowest BCUT2D eigenvalue weighted by atomic mass is 10.0. The standard InChI is InChI=1S/C14H21N3O4S.ClH/c1-10-5-6-13(17(18)19)14(11(10)2)22(20,21)16-9-12-4-3-7-15-8-12;/h5-6,12,15-16H,3-4,7-9H2,1-2H3;1H. The Kier molecular flexibility index (Phi) is 6.94. The Morgan fingerprint density at radius 1 is 1.39 bits per heavy atom. The van der Waals surface area contributed by atoms with Crippen LogP contribution < -0.4 is 10.0 Å². The van der Waals surface area contributed by atoms with Crippen LogP contribution in [0.25, 0.3) is 0 Å². The molecule has 1 aromatic carbocycles. The van der Waals surface area contributed by atoms with Gasteiger partial charge >= 0.3 is 0 Å². The van der Waals surface area contributed by atoms with Crippen LogP contribution in [0.4, 0.5) is 5.69 Å². The summed E-state index contributed by atoms with van der Waals surface area (Å²) >= 11 is 0. The van der Waals surface area contributed by atoms with Gasteiger partial charge in [-0.1, -0.05) is 6.07 Å². The highest BCUT2D eigenvalue weighted by atomic mass is 35.5. The molecule has 130 valence electrons. The molecule has 0 radical (unpaired) electrons. The summed E-state index contributed by atoms with van der Waals surface area (Å²) in [6.45, 7) is 5.34. The summed E-state index contributed by atoms with van der Waals surface area (Å²) in [4.78, 5) is 10.3. The second kappa shape index (κ2) is 8.05. The maximum Gasteiger partial charge on any atom is 0.289 e. The number of benzene rings is 1. The van der Waals surface area contributed by atoms with Crippen LogP contribution >= 0.6 is 12.4 Å². The van der Waals surface area contributed by atoms with Crippen molar-refractivity contribution in [2.45, 2.75) is 31.6 Å². The summed E-state index contributed by atoms with van der Waals surface area (Å²) in [6.07, 6.45) is 1.96. The topological polar surface area (TPSA) is 101 Å². The van der Waals surface area contributed by atoms with Crippen molar-refractivity contribution >= 4 is 28.1 Å². The third kappa shape index (κ3) is 4.63. The molecule has 0 aliphatic carbocycles. The summed E-state index contributed by atoms with van der Waals surface area (Å²) in [5.41, 5.74) is 0.756. The van der Waals surface area contributed by atoms with Crippen molar-refractivity contribution in [2.24, 2.45) is 5.92 Å². The third-order valence-corrected chi connectivity index (χ3v) is 5.68. The van der Waals surface area contributed by atoms with Crippen LogP contribution in [0.2, 0.25) is 0 Å². The molecule has 1 heterocycles. The molecule has 1 fully saturated rings. The Hall–Kier alpha value is -1.22. The van der Waals surface area contributed by atoms with E-state index in [0.29, 0.717) is 17.7 Å². The summed E-state index contributed by atoms with van der Waals surface area (Å²) in [6, 6.07) is 2.82. The molecule has 0 bridgehead atoms. The molecule has 23 heavy (non-hydrogen) atoms. The first kappa shape index (κ1) is 19.8. The van der Waals surface area contributed by atoms with E-state index < -0.39 is 14.9 Å². The average molecular weight is 364 g/mol. The van der Waals surface area contributed by atoms with E-state index in [9.17, 15) is 18.5 Å². The van der Waals surface area contributed by atoms with Gasteiger partial charge in [-0.25, -0.2) is 13.1 Å². The molecule has 0 amide bonds. The Labute approximate surface area is 142 Å². The predicted molar refractivity (Wildman–Crippen MR) is 90.6 cm³/mol. The van der Waals surface area contributed by atoms with E-state index in [2.05, 4.69) is 10.0 Å². The maximum atomic E-state index is 12.5. The number of nitrogens with one attached hydrogen (secondary N) is 2. The normalized spacial score (nSPS) is 18.3. The third-order valence-electron chi connectivity index (χ3n) is 4.08. The number of nitro benzene ring substituents is 1. The van der Waals surface area contributed by atoms with Crippen LogP contribution in [0.1, 0.15) is 24.0 Å². The predicted octanol–water partition coefficient (Wildman–Crippen LogP) is 1.91. The van der Waals surface area contributed by atoms with Gasteiger partial charge in [-0.3, -0.25) is 10.1 Å². The zero-order valence-electron chi connectivity index (χ0n) is 13.2. The minimum Gasteiger partial charge on any atom is -0.316 e. The number of aryl methyl sites for hydroxylation is 1. The van der Waals surface area contributed by atoms with E-state index in [4.69, 9.17) is 0 Å². The van der Waals surface area contributed by atoms with Crippen LogP contribution in [0.5, 0.6) is 0 Å². The first-order valence-corrected chi connectivity index (χ1v) is 8.76. The molecular weight excluding hydrogens is 342 g/mol. The fourth-order valence-corrected chi connectivity index (χ4v) is 4.24. The highest BCUT2D eigenvalue weighted by Crippen LogP contribution is 2.29. The Bertz CT molecular complexity index is 673. The van der Waals surface area contributed by atoms with Gasteiger partial charge < -0.3 is 5.32 Å². The van der Waals surface area contributed by atoms with E-state index in [1.807, 2.05) is 0 Å². The molecule has 1 aliphatic heterocycles. The first-order valence-electron chi connectivity index (χ1n) is 7.28. The number of sulfonamides is 1. The van der Waals surface area contributed by atoms with E-state index in [1.165, 1.54) is 6.07 Å². The molecule has 0 aromatic heterocycles. The van der Waals surface area contributed by atoms with Crippen LogP contribution in [0.3, 0.4) is 0 Å². The van der Waals surface area contributed by atoms with Crippen molar-refractivity contribution in [1.82, 2.24) is 10.0 Å². The molecule has 0 saturated carbocycles. The Balaban J connectivity index is 0.00000264. The molecular formula is C14H22ClN3O4S. The Morgan fingerprint density at radius 2 is 2.09 bits per heavy atom. The lowest BCUT2D eigenvalue weighted by Crippen LogP contribution is -2.38. The van der Waals surface area contributed by atoms with Gasteiger partial charge in [0.2, 0.25) is 10.0 Å². The van der Waals surface area contributed by atoms with Crippen LogP contribution in [-0.4, -0.2) is 33.0 Å². The van der Waals surface area contributed by atoms with Gasteiger partial charge in [0.25, 0.3) is 5.69 Å². The van der Waals surface area contributed by atoms with Crippen LogP contribution in [0.15, 0.2) is 17.0 Å². The molecule has 1 aliphatic rings. The molecule has 7 nitrogen and oxygen atoms in total. The number of piperidine rings is 1. The van der Waals surface area contributed by atoms with Gasteiger partial charge in [-0.2, -0.15) is 0 Å². The molecule has 1 atom stereocenters. The summed E-state index contributed by atoms with van der Waals surface area (Å²) in [7, 11) is -3.91. The van der Waals surface area contributed by atoms with Gasteiger partial charge in [-0.05, 0) is 56.8 Å². The van der Waals surface area contributed by atoms with Crippen molar-refractivity contribution in [3.63, 3.8) is 0 Å². The molecule has 2 N–H and O–H groups in total. The van der Waals surface area contributed by atoms with Gasteiger partial charge in [-0.15, -0.1) is 12.4 Å². The molecule has 1 unspecified atom stereocenters. The summed E-state index contributed by atoms with van der Waals surface area (Å²) in [5, 5.41) is 14.4. The smallest absolute Gasteiger partial charge is 0.289 e. The summed E-state index contributed by atoms with van der Waals surface area (Å²) < 4.78 is 27.6. The van der Waals surface area contributed by atoms with Gasteiger partial charge in [0, 0.05) is 12.6 Å². The number of hydrogen-bond donors (Lipinski definition) is 2. The lowest BCUT2D eigenvalue weighted by Gasteiger charge is -2.23. The first-order chi connectivity index (χ1) is 10.3. The minimum absolute atomic E-state index is 0. The highest BCUT2D eigenvalue weighted by molar-refractivity contribution is 7.89. The number of halogens is 1. The quantitative estimate of drug-likeness (QED) is 0.614. The van der Waals surface area contributed by atoms with Crippen molar-refractivity contribution in [3.05, 3.63) is 33.4 Å². The van der Waals surface area contributed by atoms with E-state index in [0.717, 1.165) is 25.9 Å². The fourth-order valence-electron chi connectivity index (χ4n) is 2.66. The monoisotopic (exact) mass is 363 g/mol. The molecule has 1 saturated heterocycles. The molecule has 0 spiro atoms. The summed E-state index contributed by atoms with van der Waals surface area (Å²) in [5.74, 6) is 0.215. The second-order valence-corrected chi connectivity index (χ2v) is 7.38. The highest BCUT2D eigenvalue weighted by Gasteiger charge is 2.29. The van der Waals surface area contributed by atoms with Crippen LogP contribution in [0, 0.1) is 29.9 Å². The van der Waals surface area contributed by atoms with Crippen LogP contribution in [-0.2, 0) is 10.0 Å². The van der Waals surface area contributed by atoms with Gasteiger partial charge in [0.15, 0.2) is 4.90 Å². The molecule has 2 rings (SSSR count). The van der Waals surface area contributed by atoms with E-state index in [1.54, 1.807) is 19.9 Å². The fraction of sp³-hybridized carbons (Fsp3) is 0.571. The van der Waals surface area contributed by atoms with E-state index in [-0.39, 0.29) is 28.9 Å². The largest absolute Gasteiger partial charge is 0.316 e. The van der Waals surface area contributed by atoms with Crippen molar-refractivity contribution in [3.8, 4) is 0 Å². The van der Waals surface area contributed by atoms with E-state index >= 15 is 0 Å². The minimum atomic E-state index is -3.91.